The van der Waals surface area contributed by atoms with Crippen LogP contribution in [0.2, 0.25) is 0 Å². The maximum absolute atomic E-state index is 13.0. The number of anilines is 1. The molecule has 0 radical (unpaired) electrons. The van der Waals surface area contributed by atoms with E-state index >= 15 is 0 Å². The number of nitrogens with one attached hydrogen (secondary N) is 1. The fourth-order valence-corrected chi connectivity index (χ4v) is 3.44. The Morgan fingerprint density at radius 3 is 2.33 bits per heavy atom. The van der Waals surface area contributed by atoms with E-state index in [1.54, 1.807) is 0 Å². The lowest BCUT2D eigenvalue weighted by atomic mass is 9.78. The largest absolute Gasteiger partial charge is 0.492 e. The van der Waals surface area contributed by atoms with Crippen LogP contribution in [0.4, 0.5) is 5.69 Å². The molecule has 2 aromatic carbocycles. The molecule has 24 heavy (non-hydrogen) atoms. The fourth-order valence-electron chi connectivity index (χ4n) is 3.44. The first-order valence-corrected chi connectivity index (χ1v) is 8.54. The summed E-state index contributed by atoms with van der Waals surface area (Å²) in [6, 6.07) is 17.6. The number of nitrogens with two attached hydrogens (primary N) is 1. The van der Waals surface area contributed by atoms with E-state index in [2.05, 4.69) is 17.4 Å². The molecular weight excluding hydrogens is 300 g/mol. The van der Waals surface area contributed by atoms with Crippen molar-refractivity contribution in [3.05, 3.63) is 60.2 Å². The Morgan fingerprint density at radius 2 is 1.71 bits per heavy atom. The molecule has 1 aliphatic rings. The van der Waals surface area contributed by atoms with E-state index in [-0.39, 0.29) is 5.91 Å². The lowest BCUT2D eigenvalue weighted by Crippen LogP contribution is -2.37. The van der Waals surface area contributed by atoms with Crippen molar-refractivity contribution in [1.29, 1.82) is 0 Å². The maximum Gasteiger partial charge on any atom is 0.235 e. The molecule has 1 amide bonds. The zero-order valence-corrected chi connectivity index (χ0v) is 13.8. The van der Waals surface area contributed by atoms with Crippen molar-refractivity contribution in [2.24, 2.45) is 5.73 Å². The Morgan fingerprint density at radius 1 is 1.04 bits per heavy atom. The molecule has 4 nitrogen and oxygen atoms in total. The van der Waals surface area contributed by atoms with Gasteiger partial charge in [0, 0.05) is 12.2 Å². The van der Waals surface area contributed by atoms with E-state index in [1.165, 1.54) is 0 Å². The predicted molar refractivity (Wildman–Crippen MR) is 96.2 cm³/mol. The molecule has 0 atom stereocenters. The average molecular weight is 324 g/mol. The van der Waals surface area contributed by atoms with Gasteiger partial charge in [-0.2, -0.15) is 0 Å². The second kappa shape index (κ2) is 7.49. The minimum Gasteiger partial charge on any atom is -0.492 e. The Bertz CT molecular complexity index is 662. The molecule has 1 aliphatic carbocycles. The summed E-state index contributed by atoms with van der Waals surface area (Å²) < 4.78 is 5.47. The summed E-state index contributed by atoms with van der Waals surface area (Å²) in [5.41, 5.74) is 6.93. The molecule has 0 heterocycles. The number of rotatable bonds is 6. The van der Waals surface area contributed by atoms with Crippen LogP contribution < -0.4 is 15.8 Å². The Labute approximate surface area is 143 Å². The van der Waals surface area contributed by atoms with Crippen LogP contribution in [0.3, 0.4) is 0 Å². The number of benzene rings is 2. The predicted octanol–water partition coefficient (Wildman–Crippen LogP) is 3.47. The van der Waals surface area contributed by atoms with E-state index in [4.69, 9.17) is 10.5 Å². The topological polar surface area (TPSA) is 64.3 Å². The smallest absolute Gasteiger partial charge is 0.235 e. The van der Waals surface area contributed by atoms with Crippen molar-refractivity contribution in [2.45, 2.75) is 31.1 Å². The van der Waals surface area contributed by atoms with Gasteiger partial charge >= 0.3 is 0 Å². The third-order valence-electron chi connectivity index (χ3n) is 4.72. The zero-order chi connectivity index (χ0) is 16.8. The number of ether oxygens (including phenoxy) is 1. The first-order chi connectivity index (χ1) is 11.7. The highest BCUT2D eigenvalue weighted by molar-refractivity contribution is 5.99. The Kier molecular flexibility index (Phi) is 5.16. The molecule has 2 aromatic rings. The van der Waals surface area contributed by atoms with E-state index < -0.39 is 5.41 Å². The standard InChI is InChI=1S/C20H24N2O2/c21-14-15-24-18-10-8-17(9-11-18)22-19(23)20(12-4-5-13-20)16-6-2-1-3-7-16/h1-3,6-11H,4-5,12-15,21H2,(H,22,23). The highest BCUT2D eigenvalue weighted by Crippen LogP contribution is 2.42. The van der Waals surface area contributed by atoms with E-state index in [9.17, 15) is 4.79 Å². The maximum atomic E-state index is 13.0. The number of hydrogen-bond donors (Lipinski definition) is 2. The molecule has 0 unspecified atom stereocenters. The Hall–Kier alpha value is -2.33. The van der Waals surface area contributed by atoms with Crippen LogP contribution in [0.15, 0.2) is 54.6 Å². The molecule has 0 spiro atoms. The summed E-state index contributed by atoms with van der Waals surface area (Å²) >= 11 is 0. The summed E-state index contributed by atoms with van der Waals surface area (Å²) in [4.78, 5) is 13.0. The molecule has 0 bridgehead atoms. The van der Waals surface area contributed by atoms with Crippen LogP contribution in [-0.2, 0) is 10.2 Å². The molecule has 1 fully saturated rings. The first-order valence-electron chi connectivity index (χ1n) is 8.54. The van der Waals surface area contributed by atoms with Crippen LogP contribution in [0.5, 0.6) is 5.75 Å². The molecule has 4 heteroatoms. The van der Waals surface area contributed by atoms with Crippen LogP contribution in [0, 0.1) is 0 Å². The summed E-state index contributed by atoms with van der Waals surface area (Å²) in [7, 11) is 0. The van der Waals surface area contributed by atoms with Gasteiger partial charge in [-0.05, 0) is 42.7 Å². The molecule has 1 saturated carbocycles. The second-order valence-corrected chi connectivity index (χ2v) is 6.27. The fraction of sp³-hybridized carbons (Fsp3) is 0.350. The normalized spacial score (nSPS) is 15.9. The molecule has 0 aliphatic heterocycles. The number of hydrogen-bond acceptors (Lipinski definition) is 3. The SMILES string of the molecule is NCCOc1ccc(NC(=O)C2(c3ccccc3)CCCC2)cc1. The van der Waals surface area contributed by atoms with Gasteiger partial charge in [-0.25, -0.2) is 0 Å². The molecule has 126 valence electrons. The second-order valence-electron chi connectivity index (χ2n) is 6.27. The molecule has 3 N–H and O–H groups in total. The highest BCUT2D eigenvalue weighted by Gasteiger charge is 2.42. The summed E-state index contributed by atoms with van der Waals surface area (Å²) in [5.74, 6) is 0.846. The monoisotopic (exact) mass is 324 g/mol. The van der Waals surface area contributed by atoms with Crippen molar-refractivity contribution in [1.82, 2.24) is 0 Å². The van der Waals surface area contributed by atoms with E-state index in [1.807, 2.05) is 42.5 Å². The minimum absolute atomic E-state index is 0.0850. The van der Waals surface area contributed by atoms with Crippen molar-refractivity contribution >= 4 is 11.6 Å². The molecule has 0 saturated heterocycles. The lowest BCUT2D eigenvalue weighted by molar-refractivity contribution is -0.121. The zero-order valence-electron chi connectivity index (χ0n) is 13.8. The van der Waals surface area contributed by atoms with Crippen molar-refractivity contribution in [2.75, 3.05) is 18.5 Å². The summed E-state index contributed by atoms with van der Waals surface area (Å²) in [5, 5.41) is 3.09. The number of carbonyl (C=O) groups excluding carboxylic acids is 1. The molecule has 3 rings (SSSR count). The Balaban J connectivity index is 1.75. The number of amides is 1. The van der Waals surface area contributed by atoms with Crippen LogP contribution >= 0.6 is 0 Å². The summed E-state index contributed by atoms with van der Waals surface area (Å²) in [6.07, 6.45) is 3.99. The van der Waals surface area contributed by atoms with Gasteiger partial charge in [0.1, 0.15) is 12.4 Å². The van der Waals surface area contributed by atoms with Crippen molar-refractivity contribution in [3.8, 4) is 5.75 Å². The van der Waals surface area contributed by atoms with Gasteiger partial charge < -0.3 is 15.8 Å². The molecule has 0 aromatic heterocycles. The highest BCUT2D eigenvalue weighted by atomic mass is 16.5. The third kappa shape index (κ3) is 3.44. The van der Waals surface area contributed by atoms with Gasteiger partial charge in [-0.1, -0.05) is 43.2 Å². The number of carbonyl (C=O) groups is 1. The van der Waals surface area contributed by atoms with Gasteiger partial charge in [0.15, 0.2) is 0 Å². The average Bonchev–Trinajstić information content (AvgIpc) is 3.13. The van der Waals surface area contributed by atoms with Gasteiger partial charge in [0.25, 0.3) is 0 Å². The first kappa shape index (κ1) is 16.5. The van der Waals surface area contributed by atoms with Crippen molar-refractivity contribution < 1.29 is 9.53 Å². The van der Waals surface area contributed by atoms with Gasteiger partial charge in [0.05, 0.1) is 5.41 Å². The minimum atomic E-state index is -0.407. The van der Waals surface area contributed by atoms with Gasteiger partial charge in [0.2, 0.25) is 5.91 Å². The lowest BCUT2D eigenvalue weighted by Gasteiger charge is -2.28. The van der Waals surface area contributed by atoms with Crippen molar-refractivity contribution in [3.63, 3.8) is 0 Å². The summed E-state index contributed by atoms with van der Waals surface area (Å²) in [6.45, 7) is 0.973. The van der Waals surface area contributed by atoms with E-state index in [0.717, 1.165) is 42.7 Å². The van der Waals surface area contributed by atoms with Gasteiger partial charge in [-0.3, -0.25) is 4.79 Å². The third-order valence-corrected chi connectivity index (χ3v) is 4.72. The van der Waals surface area contributed by atoms with Crippen LogP contribution in [0.25, 0.3) is 0 Å². The van der Waals surface area contributed by atoms with Crippen LogP contribution in [-0.4, -0.2) is 19.1 Å². The quantitative estimate of drug-likeness (QED) is 0.855. The van der Waals surface area contributed by atoms with E-state index in [0.29, 0.717) is 13.2 Å². The molecular formula is C20H24N2O2. The van der Waals surface area contributed by atoms with Gasteiger partial charge in [-0.15, -0.1) is 0 Å². The van der Waals surface area contributed by atoms with Crippen LogP contribution in [0.1, 0.15) is 31.2 Å².